The molecule has 2 heteroatoms. The molecule has 2 rings (SSSR count). The molecule has 0 bridgehead atoms. The van der Waals surface area contributed by atoms with Crippen LogP contribution >= 0.6 is 0 Å². The van der Waals surface area contributed by atoms with Gasteiger partial charge < -0.3 is 4.74 Å². The lowest BCUT2D eigenvalue weighted by Crippen LogP contribution is -2.00. The second-order valence-corrected chi connectivity index (χ2v) is 8.08. The van der Waals surface area contributed by atoms with Crippen molar-refractivity contribution in [2.75, 3.05) is 6.61 Å². The van der Waals surface area contributed by atoms with E-state index in [9.17, 15) is 0 Å². The molecule has 1 atom stereocenters. The number of rotatable bonds is 14. The van der Waals surface area contributed by atoms with E-state index in [0.29, 0.717) is 0 Å². The van der Waals surface area contributed by atoms with E-state index in [1.54, 1.807) is 0 Å². The SMILES string of the molecule is CCCCCCCCc1ccc(-c2ccc(OCCCC(C)CC)cc2)cn1. The van der Waals surface area contributed by atoms with Gasteiger partial charge in [0, 0.05) is 17.5 Å². The van der Waals surface area contributed by atoms with Crippen LogP contribution in [-0.4, -0.2) is 11.6 Å². The Kier molecular flexibility index (Phi) is 10.7. The molecule has 0 aliphatic rings. The highest BCUT2D eigenvalue weighted by Crippen LogP contribution is 2.22. The topological polar surface area (TPSA) is 22.1 Å². The van der Waals surface area contributed by atoms with Crippen LogP contribution < -0.4 is 4.74 Å². The Balaban J connectivity index is 1.74. The van der Waals surface area contributed by atoms with Crippen LogP contribution in [0.1, 0.15) is 84.3 Å². The lowest BCUT2D eigenvalue weighted by molar-refractivity contribution is 0.294. The molecule has 0 N–H and O–H groups in total. The summed E-state index contributed by atoms with van der Waals surface area (Å²) in [7, 11) is 0. The molecule has 1 aromatic carbocycles. The van der Waals surface area contributed by atoms with Gasteiger partial charge in [-0.2, -0.15) is 0 Å². The third-order valence-electron chi connectivity index (χ3n) is 5.61. The highest BCUT2D eigenvalue weighted by Gasteiger charge is 2.02. The Hall–Kier alpha value is -1.83. The number of aryl methyl sites for hydroxylation is 1. The number of hydrogen-bond donors (Lipinski definition) is 0. The minimum Gasteiger partial charge on any atom is -0.494 e. The van der Waals surface area contributed by atoms with Crippen LogP contribution in [0, 0.1) is 5.92 Å². The van der Waals surface area contributed by atoms with E-state index < -0.39 is 0 Å². The van der Waals surface area contributed by atoms with E-state index >= 15 is 0 Å². The van der Waals surface area contributed by atoms with Gasteiger partial charge in [0.15, 0.2) is 0 Å². The summed E-state index contributed by atoms with van der Waals surface area (Å²) in [5.41, 5.74) is 3.58. The third kappa shape index (κ3) is 8.46. The predicted octanol–water partition coefficient (Wildman–Crippen LogP) is 7.86. The predicted molar refractivity (Wildman–Crippen MR) is 121 cm³/mol. The maximum absolute atomic E-state index is 5.87. The van der Waals surface area contributed by atoms with Crippen LogP contribution in [0.15, 0.2) is 42.6 Å². The molecule has 0 spiro atoms. The molecular weight excluding hydrogens is 342 g/mol. The molecule has 28 heavy (non-hydrogen) atoms. The molecule has 2 aromatic rings. The first kappa shape index (κ1) is 22.5. The van der Waals surface area contributed by atoms with Crippen molar-refractivity contribution >= 4 is 0 Å². The number of ether oxygens (including phenoxy) is 1. The molecule has 0 amide bonds. The van der Waals surface area contributed by atoms with Crippen LogP contribution in [0.25, 0.3) is 11.1 Å². The van der Waals surface area contributed by atoms with Crippen LogP contribution in [0.5, 0.6) is 5.75 Å². The highest BCUT2D eigenvalue weighted by molar-refractivity contribution is 5.63. The number of pyridine rings is 1. The van der Waals surface area contributed by atoms with Crippen LogP contribution in [0.3, 0.4) is 0 Å². The Morgan fingerprint density at radius 3 is 2.21 bits per heavy atom. The van der Waals surface area contributed by atoms with E-state index in [0.717, 1.165) is 31.1 Å². The summed E-state index contributed by atoms with van der Waals surface area (Å²) < 4.78 is 5.87. The van der Waals surface area contributed by atoms with Gasteiger partial charge in [0.1, 0.15) is 5.75 Å². The van der Waals surface area contributed by atoms with Crippen molar-refractivity contribution in [3.05, 3.63) is 48.3 Å². The van der Waals surface area contributed by atoms with Crippen LogP contribution in [-0.2, 0) is 6.42 Å². The average Bonchev–Trinajstić information content (AvgIpc) is 2.74. The average molecular weight is 382 g/mol. The maximum atomic E-state index is 5.87. The number of aromatic nitrogens is 1. The largest absolute Gasteiger partial charge is 0.494 e. The fourth-order valence-electron chi connectivity index (χ4n) is 3.40. The van der Waals surface area contributed by atoms with Gasteiger partial charge in [0.05, 0.1) is 6.61 Å². The summed E-state index contributed by atoms with van der Waals surface area (Å²) in [6, 6.07) is 12.8. The first-order chi connectivity index (χ1) is 13.7. The lowest BCUT2D eigenvalue weighted by atomic mass is 10.0. The summed E-state index contributed by atoms with van der Waals surface area (Å²) in [5, 5.41) is 0. The summed E-state index contributed by atoms with van der Waals surface area (Å²) in [6.07, 6.45) is 14.7. The van der Waals surface area contributed by atoms with Crippen molar-refractivity contribution in [1.29, 1.82) is 0 Å². The smallest absolute Gasteiger partial charge is 0.119 e. The summed E-state index contributed by atoms with van der Waals surface area (Å²) >= 11 is 0. The zero-order valence-corrected chi connectivity index (χ0v) is 18.3. The quantitative estimate of drug-likeness (QED) is 0.311. The van der Waals surface area contributed by atoms with Crippen molar-refractivity contribution in [3.8, 4) is 16.9 Å². The third-order valence-corrected chi connectivity index (χ3v) is 5.61. The molecule has 2 nitrogen and oxygen atoms in total. The van der Waals surface area contributed by atoms with E-state index in [-0.39, 0.29) is 0 Å². The Morgan fingerprint density at radius 1 is 0.821 bits per heavy atom. The molecule has 0 radical (unpaired) electrons. The second-order valence-electron chi connectivity index (χ2n) is 8.08. The van der Waals surface area contributed by atoms with Crippen molar-refractivity contribution in [2.24, 2.45) is 5.92 Å². The monoisotopic (exact) mass is 381 g/mol. The lowest BCUT2D eigenvalue weighted by Gasteiger charge is -2.10. The number of nitrogens with zero attached hydrogens (tertiary/aromatic N) is 1. The van der Waals surface area contributed by atoms with Crippen molar-refractivity contribution in [2.45, 2.75) is 85.0 Å². The zero-order chi connectivity index (χ0) is 20.0. The molecule has 0 aliphatic carbocycles. The first-order valence-electron chi connectivity index (χ1n) is 11.4. The molecule has 0 fully saturated rings. The molecular formula is C26H39NO. The van der Waals surface area contributed by atoms with Crippen LogP contribution in [0.4, 0.5) is 0 Å². The van der Waals surface area contributed by atoms with Gasteiger partial charge in [0.25, 0.3) is 0 Å². The van der Waals surface area contributed by atoms with Gasteiger partial charge >= 0.3 is 0 Å². The van der Waals surface area contributed by atoms with Gasteiger partial charge in [-0.3, -0.25) is 4.98 Å². The zero-order valence-electron chi connectivity index (χ0n) is 18.3. The summed E-state index contributed by atoms with van der Waals surface area (Å²) in [4.78, 5) is 4.67. The van der Waals surface area contributed by atoms with Crippen LogP contribution in [0.2, 0.25) is 0 Å². The van der Waals surface area contributed by atoms with E-state index in [2.05, 4.69) is 62.2 Å². The Bertz CT molecular complexity index is 632. The fourth-order valence-corrected chi connectivity index (χ4v) is 3.40. The minimum atomic E-state index is 0.794. The fraction of sp³-hybridized carbons (Fsp3) is 0.577. The van der Waals surface area contributed by atoms with Gasteiger partial charge in [-0.15, -0.1) is 0 Å². The first-order valence-corrected chi connectivity index (χ1v) is 11.4. The standard InChI is InChI=1S/C26H39NO/c1-4-6-7-8-9-10-13-25-17-14-24(21-27-25)23-15-18-26(19-16-23)28-20-11-12-22(3)5-2/h14-19,21-22H,4-13,20H2,1-3H3. The molecule has 1 aromatic heterocycles. The van der Waals surface area contributed by atoms with Gasteiger partial charge in [-0.25, -0.2) is 0 Å². The van der Waals surface area contributed by atoms with Gasteiger partial charge in [-0.1, -0.05) is 77.5 Å². The number of unbranched alkanes of at least 4 members (excludes halogenated alkanes) is 5. The second kappa shape index (κ2) is 13.4. The molecule has 0 aliphatic heterocycles. The molecule has 1 unspecified atom stereocenters. The van der Waals surface area contributed by atoms with Crippen molar-refractivity contribution < 1.29 is 4.74 Å². The minimum absolute atomic E-state index is 0.794. The van der Waals surface area contributed by atoms with E-state index in [1.807, 2.05) is 6.20 Å². The Morgan fingerprint density at radius 2 is 1.54 bits per heavy atom. The molecule has 0 saturated heterocycles. The number of benzene rings is 1. The van der Waals surface area contributed by atoms with E-state index in [1.165, 1.54) is 68.2 Å². The molecule has 0 saturated carbocycles. The molecule has 1 heterocycles. The number of hydrogen-bond acceptors (Lipinski definition) is 2. The maximum Gasteiger partial charge on any atom is 0.119 e. The van der Waals surface area contributed by atoms with Gasteiger partial charge in [-0.05, 0) is 55.4 Å². The van der Waals surface area contributed by atoms with Crippen molar-refractivity contribution in [1.82, 2.24) is 4.98 Å². The Labute approximate surface area is 172 Å². The summed E-state index contributed by atoms with van der Waals surface area (Å²) in [6.45, 7) is 7.63. The normalized spacial score (nSPS) is 12.1. The summed E-state index contributed by atoms with van der Waals surface area (Å²) in [5.74, 6) is 1.75. The molecule has 154 valence electrons. The van der Waals surface area contributed by atoms with Gasteiger partial charge in [0.2, 0.25) is 0 Å². The van der Waals surface area contributed by atoms with E-state index in [4.69, 9.17) is 4.74 Å². The van der Waals surface area contributed by atoms with Crippen molar-refractivity contribution in [3.63, 3.8) is 0 Å². The highest BCUT2D eigenvalue weighted by atomic mass is 16.5.